The lowest BCUT2D eigenvalue weighted by Crippen LogP contribution is -2.49. The van der Waals surface area contributed by atoms with E-state index in [1.807, 2.05) is 12.3 Å². The average molecular weight is 340 g/mol. The predicted molar refractivity (Wildman–Crippen MR) is 87.4 cm³/mol. The number of urea groups is 1. The van der Waals surface area contributed by atoms with E-state index in [0.717, 1.165) is 4.90 Å². The van der Waals surface area contributed by atoms with Crippen LogP contribution in [0.3, 0.4) is 0 Å². The number of carbonyl (C=O) groups excluding carboxylic acids is 3. The van der Waals surface area contributed by atoms with Gasteiger partial charge in [0, 0.05) is 10.6 Å². The van der Waals surface area contributed by atoms with Gasteiger partial charge in [0.1, 0.15) is 0 Å². The Labute approximate surface area is 139 Å². The van der Waals surface area contributed by atoms with E-state index in [-0.39, 0.29) is 13.2 Å². The molecule has 0 heterocycles. The molecular formula is C15H20N2O5S. The molecule has 1 rings (SSSR count). The van der Waals surface area contributed by atoms with Crippen molar-refractivity contribution in [1.29, 1.82) is 0 Å². The van der Waals surface area contributed by atoms with Gasteiger partial charge < -0.3 is 20.1 Å². The van der Waals surface area contributed by atoms with Crippen molar-refractivity contribution < 1.29 is 23.9 Å². The van der Waals surface area contributed by atoms with Crippen LogP contribution >= 0.6 is 11.8 Å². The molecule has 126 valence electrons. The maximum Gasteiger partial charge on any atom is 0.340 e. The van der Waals surface area contributed by atoms with Crippen molar-refractivity contribution >= 4 is 35.4 Å². The minimum Gasteiger partial charge on any atom is -0.464 e. The Morgan fingerprint density at radius 1 is 1.13 bits per heavy atom. The second-order valence-corrected chi connectivity index (χ2v) is 5.15. The maximum absolute atomic E-state index is 12.0. The number of nitrogens with one attached hydrogen (secondary N) is 2. The Kier molecular flexibility index (Phi) is 7.96. The lowest BCUT2D eigenvalue weighted by Gasteiger charge is -2.16. The number of amides is 2. The number of ether oxygens (including phenoxy) is 2. The van der Waals surface area contributed by atoms with Crippen LogP contribution in [0, 0.1) is 0 Å². The minimum absolute atomic E-state index is 0.0911. The third kappa shape index (κ3) is 6.19. The van der Waals surface area contributed by atoms with Crippen molar-refractivity contribution in [2.24, 2.45) is 0 Å². The van der Waals surface area contributed by atoms with Gasteiger partial charge in [-0.1, -0.05) is 6.07 Å². The van der Waals surface area contributed by atoms with Gasteiger partial charge in [-0.05, 0) is 38.3 Å². The molecule has 0 aromatic heterocycles. The molecule has 2 amide bonds. The molecule has 1 aromatic rings. The third-order valence-electron chi connectivity index (χ3n) is 2.65. The number of esters is 2. The molecule has 7 nitrogen and oxygen atoms in total. The van der Waals surface area contributed by atoms with Crippen molar-refractivity contribution in [3.05, 3.63) is 24.3 Å². The number of carbonyl (C=O) groups is 3. The van der Waals surface area contributed by atoms with E-state index in [1.165, 1.54) is 11.8 Å². The first-order valence-corrected chi connectivity index (χ1v) is 8.29. The molecule has 0 saturated carbocycles. The third-order valence-corrected chi connectivity index (χ3v) is 3.37. The topological polar surface area (TPSA) is 93.7 Å². The normalized spacial score (nSPS) is 10.1. The summed E-state index contributed by atoms with van der Waals surface area (Å²) < 4.78 is 9.55. The second-order valence-electron chi connectivity index (χ2n) is 4.27. The van der Waals surface area contributed by atoms with Gasteiger partial charge in [0.05, 0.1) is 13.2 Å². The number of hydrogen-bond acceptors (Lipinski definition) is 6. The molecule has 0 saturated heterocycles. The highest BCUT2D eigenvalue weighted by Crippen LogP contribution is 2.18. The Morgan fingerprint density at radius 2 is 1.74 bits per heavy atom. The van der Waals surface area contributed by atoms with Gasteiger partial charge in [0.15, 0.2) is 0 Å². The summed E-state index contributed by atoms with van der Waals surface area (Å²) in [6.07, 6.45) is 1.91. The molecule has 1 aromatic carbocycles. The van der Waals surface area contributed by atoms with Crippen LogP contribution in [0.15, 0.2) is 29.2 Å². The van der Waals surface area contributed by atoms with Gasteiger partial charge in [0.25, 0.3) is 0 Å². The summed E-state index contributed by atoms with van der Waals surface area (Å²) in [5, 5.41) is 4.83. The molecule has 8 heteroatoms. The van der Waals surface area contributed by atoms with E-state index < -0.39 is 24.0 Å². The molecule has 23 heavy (non-hydrogen) atoms. The Balaban J connectivity index is 2.75. The Bertz CT molecular complexity index is 547. The smallest absolute Gasteiger partial charge is 0.340 e. The van der Waals surface area contributed by atoms with Crippen molar-refractivity contribution in [2.45, 2.75) is 24.8 Å². The van der Waals surface area contributed by atoms with Crippen molar-refractivity contribution in [1.82, 2.24) is 5.32 Å². The van der Waals surface area contributed by atoms with E-state index in [2.05, 4.69) is 10.6 Å². The summed E-state index contributed by atoms with van der Waals surface area (Å²) in [5.41, 5.74) is 0.542. The van der Waals surface area contributed by atoms with Crippen LogP contribution in [0.2, 0.25) is 0 Å². The molecule has 0 radical (unpaired) electrons. The highest BCUT2D eigenvalue weighted by atomic mass is 32.2. The minimum atomic E-state index is -1.50. The highest BCUT2D eigenvalue weighted by molar-refractivity contribution is 7.98. The standard InChI is InChI=1S/C15H20N2O5S/c1-4-21-13(18)12(14(19)22-5-2)17-15(20)16-10-7-6-8-11(9-10)23-3/h6-9,12H,4-5H2,1-3H3,(H2,16,17,20). The van der Waals surface area contributed by atoms with Crippen LogP contribution in [-0.4, -0.2) is 43.5 Å². The van der Waals surface area contributed by atoms with Gasteiger partial charge >= 0.3 is 18.0 Å². The van der Waals surface area contributed by atoms with Gasteiger partial charge in [0.2, 0.25) is 6.04 Å². The van der Waals surface area contributed by atoms with Crippen LogP contribution < -0.4 is 10.6 Å². The predicted octanol–water partition coefficient (Wildman–Crippen LogP) is 2.02. The first-order valence-electron chi connectivity index (χ1n) is 7.06. The average Bonchev–Trinajstić information content (AvgIpc) is 2.53. The first-order chi connectivity index (χ1) is 11.0. The lowest BCUT2D eigenvalue weighted by atomic mass is 10.3. The van der Waals surface area contributed by atoms with E-state index in [4.69, 9.17) is 9.47 Å². The van der Waals surface area contributed by atoms with E-state index in [1.54, 1.807) is 32.0 Å². The summed E-state index contributed by atoms with van der Waals surface area (Å²) in [4.78, 5) is 36.5. The molecule has 0 unspecified atom stereocenters. The first kappa shape index (κ1) is 18.8. The van der Waals surface area contributed by atoms with Gasteiger partial charge in [-0.3, -0.25) is 0 Å². The number of hydrogen-bond donors (Lipinski definition) is 2. The zero-order valence-electron chi connectivity index (χ0n) is 13.3. The van der Waals surface area contributed by atoms with Crippen molar-refractivity contribution in [3.8, 4) is 0 Å². The van der Waals surface area contributed by atoms with Crippen LogP contribution in [0.25, 0.3) is 0 Å². The molecule has 2 N–H and O–H groups in total. The SMILES string of the molecule is CCOC(=O)C(NC(=O)Nc1cccc(SC)c1)C(=O)OCC. The Hall–Kier alpha value is -2.22. The number of rotatable bonds is 7. The lowest BCUT2D eigenvalue weighted by molar-refractivity contribution is -0.157. The van der Waals surface area contributed by atoms with Crippen LogP contribution in [-0.2, 0) is 19.1 Å². The summed E-state index contributed by atoms with van der Waals surface area (Å²) in [6, 6.07) is 4.95. The van der Waals surface area contributed by atoms with Crippen LogP contribution in [0.4, 0.5) is 10.5 Å². The van der Waals surface area contributed by atoms with Gasteiger partial charge in [-0.15, -0.1) is 11.8 Å². The zero-order valence-corrected chi connectivity index (χ0v) is 14.1. The molecule has 0 aliphatic rings. The molecule has 0 aliphatic heterocycles. The molecule has 0 fully saturated rings. The fraction of sp³-hybridized carbons (Fsp3) is 0.400. The van der Waals surface area contributed by atoms with Gasteiger partial charge in [-0.25, -0.2) is 14.4 Å². The Morgan fingerprint density at radius 3 is 2.26 bits per heavy atom. The maximum atomic E-state index is 12.0. The number of thioether (sulfide) groups is 1. The summed E-state index contributed by atoms with van der Waals surface area (Å²) >= 11 is 1.53. The summed E-state index contributed by atoms with van der Waals surface area (Å²) in [7, 11) is 0. The molecule has 0 aliphatic carbocycles. The van der Waals surface area contributed by atoms with E-state index >= 15 is 0 Å². The molecule has 0 bridgehead atoms. The van der Waals surface area contributed by atoms with Crippen LogP contribution in [0.5, 0.6) is 0 Å². The fourth-order valence-corrected chi connectivity index (χ4v) is 2.12. The van der Waals surface area contributed by atoms with Crippen LogP contribution in [0.1, 0.15) is 13.8 Å². The largest absolute Gasteiger partial charge is 0.464 e. The summed E-state index contributed by atoms with van der Waals surface area (Å²) in [5.74, 6) is -1.72. The summed E-state index contributed by atoms with van der Waals surface area (Å²) in [6.45, 7) is 3.39. The van der Waals surface area contributed by atoms with E-state index in [9.17, 15) is 14.4 Å². The monoisotopic (exact) mass is 340 g/mol. The molecular weight excluding hydrogens is 320 g/mol. The second kappa shape index (κ2) is 9.73. The molecule has 0 spiro atoms. The van der Waals surface area contributed by atoms with Crippen molar-refractivity contribution in [2.75, 3.05) is 24.8 Å². The molecule has 0 atom stereocenters. The van der Waals surface area contributed by atoms with Gasteiger partial charge in [-0.2, -0.15) is 0 Å². The highest BCUT2D eigenvalue weighted by Gasteiger charge is 2.31. The fourth-order valence-electron chi connectivity index (χ4n) is 1.66. The van der Waals surface area contributed by atoms with E-state index in [0.29, 0.717) is 5.69 Å². The number of benzene rings is 1. The number of anilines is 1. The van der Waals surface area contributed by atoms with Crippen molar-refractivity contribution in [3.63, 3.8) is 0 Å². The zero-order chi connectivity index (χ0) is 17.2. The quantitative estimate of drug-likeness (QED) is 0.448.